The lowest BCUT2D eigenvalue weighted by Gasteiger charge is -2.19. The number of rotatable bonds is 10. The summed E-state index contributed by atoms with van der Waals surface area (Å²) in [6.07, 6.45) is 3.70. The van der Waals surface area contributed by atoms with Crippen molar-refractivity contribution in [2.24, 2.45) is 4.99 Å². The molecule has 1 heterocycles. The molecule has 0 fully saturated rings. The Hall–Kier alpha value is -3.48. The number of aliphatic imine (C=N–C) groups is 1. The van der Waals surface area contributed by atoms with Crippen molar-refractivity contribution in [1.82, 2.24) is 20.4 Å². The number of benzene rings is 2. The Balaban J connectivity index is 1.60. The monoisotopic (exact) mass is 421 g/mol. The summed E-state index contributed by atoms with van der Waals surface area (Å²) in [6, 6.07) is 17.9. The molecule has 0 aliphatic carbocycles. The molecular formula is C24H31N5O2. The van der Waals surface area contributed by atoms with Gasteiger partial charge in [0, 0.05) is 18.9 Å². The van der Waals surface area contributed by atoms with Gasteiger partial charge in [-0.15, -0.1) is 0 Å². The van der Waals surface area contributed by atoms with Gasteiger partial charge in [-0.05, 0) is 43.2 Å². The summed E-state index contributed by atoms with van der Waals surface area (Å²) in [5.74, 6) is 2.21. The van der Waals surface area contributed by atoms with Crippen LogP contribution in [0.5, 0.6) is 11.5 Å². The normalized spacial score (nSPS) is 12.3. The minimum atomic E-state index is -0.0627. The molecule has 3 rings (SSSR count). The first kappa shape index (κ1) is 22.2. The third-order valence-corrected chi connectivity index (χ3v) is 4.72. The second kappa shape index (κ2) is 11.6. The van der Waals surface area contributed by atoms with Gasteiger partial charge in [0.25, 0.3) is 0 Å². The van der Waals surface area contributed by atoms with Crippen molar-refractivity contribution in [3.8, 4) is 11.5 Å². The summed E-state index contributed by atoms with van der Waals surface area (Å²) in [5, 5.41) is 11.0. The van der Waals surface area contributed by atoms with Crippen LogP contribution in [0.15, 0.2) is 72.0 Å². The zero-order chi connectivity index (χ0) is 21.9. The van der Waals surface area contributed by atoms with Crippen LogP contribution in [-0.4, -0.2) is 42.0 Å². The van der Waals surface area contributed by atoms with Gasteiger partial charge in [-0.3, -0.25) is 4.68 Å². The molecule has 0 radical (unpaired) electrons. The number of aromatic nitrogens is 2. The van der Waals surface area contributed by atoms with E-state index in [4.69, 9.17) is 14.5 Å². The van der Waals surface area contributed by atoms with Crippen molar-refractivity contribution in [2.75, 3.05) is 20.2 Å². The largest absolute Gasteiger partial charge is 0.493 e. The molecular weight excluding hydrogens is 390 g/mol. The van der Waals surface area contributed by atoms with Crippen molar-refractivity contribution < 1.29 is 9.47 Å². The fraction of sp³-hybridized carbons (Fsp3) is 0.333. The van der Waals surface area contributed by atoms with Crippen LogP contribution >= 0.6 is 0 Å². The molecule has 2 N–H and O–H groups in total. The van der Waals surface area contributed by atoms with Crippen LogP contribution in [0.1, 0.15) is 25.0 Å². The van der Waals surface area contributed by atoms with E-state index in [1.807, 2.05) is 60.3 Å². The number of para-hydroxylation sites is 2. The Bertz CT molecular complexity index is 956. The Labute approximate surface area is 184 Å². The maximum Gasteiger partial charge on any atom is 0.191 e. The first-order chi connectivity index (χ1) is 15.2. The molecule has 7 nitrogen and oxygen atoms in total. The van der Waals surface area contributed by atoms with Crippen LogP contribution in [0, 0.1) is 0 Å². The van der Waals surface area contributed by atoms with E-state index in [1.54, 1.807) is 13.3 Å². The SMILES string of the molecule is CCNC(=NCc1ccccc1Cn1cccn1)NCC(C)Oc1ccccc1OC. The van der Waals surface area contributed by atoms with Crippen molar-refractivity contribution in [2.45, 2.75) is 33.0 Å². The van der Waals surface area contributed by atoms with Gasteiger partial charge in [-0.25, -0.2) is 4.99 Å². The Kier molecular flexibility index (Phi) is 8.34. The number of nitrogens with zero attached hydrogens (tertiary/aromatic N) is 3. The maximum absolute atomic E-state index is 6.03. The highest BCUT2D eigenvalue weighted by atomic mass is 16.5. The van der Waals surface area contributed by atoms with Gasteiger partial charge in [0.1, 0.15) is 6.10 Å². The van der Waals surface area contributed by atoms with E-state index in [9.17, 15) is 0 Å². The molecule has 0 amide bonds. The number of methoxy groups -OCH3 is 1. The van der Waals surface area contributed by atoms with Crippen LogP contribution in [0.25, 0.3) is 0 Å². The summed E-state index contributed by atoms with van der Waals surface area (Å²) in [4.78, 5) is 4.77. The van der Waals surface area contributed by atoms with E-state index < -0.39 is 0 Å². The van der Waals surface area contributed by atoms with Gasteiger partial charge in [-0.2, -0.15) is 5.10 Å². The number of nitrogens with one attached hydrogen (secondary N) is 2. The van der Waals surface area contributed by atoms with E-state index in [2.05, 4.69) is 34.8 Å². The van der Waals surface area contributed by atoms with Crippen LogP contribution in [0.2, 0.25) is 0 Å². The summed E-state index contributed by atoms with van der Waals surface area (Å²) in [7, 11) is 1.64. The molecule has 31 heavy (non-hydrogen) atoms. The summed E-state index contributed by atoms with van der Waals surface area (Å²) < 4.78 is 13.3. The number of guanidine groups is 1. The molecule has 1 atom stereocenters. The van der Waals surface area contributed by atoms with Crippen LogP contribution in [-0.2, 0) is 13.1 Å². The van der Waals surface area contributed by atoms with E-state index in [0.29, 0.717) is 13.1 Å². The molecule has 0 saturated carbocycles. The predicted octanol–water partition coefficient (Wildman–Crippen LogP) is 3.46. The molecule has 0 aliphatic rings. The topological polar surface area (TPSA) is 72.7 Å². The van der Waals surface area contributed by atoms with Crippen molar-refractivity contribution >= 4 is 5.96 Å². The molecule has 0 spiro atoms. The summed E-state index contributed by atoms with van der Waals surface area (Å²) in [6.45, 7) is 6.77. The van der Waals surface area contributed by atoms with E-state index in [1.165, 1.54) is 11.1 Å². The van der Waals surface area contributed by atoms with Crippen LogP contribution in [0.3, 0.4) is 0 Å². The lowest BCUT2D eigenvalue weighted by molar-refractivity contribution is 0.213. The molecule has 0 aliphatic heterocycles. The summed E-state index contributed by atoms with van der Waals surface area (Å²) >= 11 is 0. The number of hydrogen-bond donors (Lipinski definition) is 2. The first-order valence-electron chi connectivity index (χ1n) is 10.6. The van der Waals surface area contributed by atoms with Crippen LogP contribution < -0.4 is 20.1 Å². The third-order valence-electron chi connectivity index (χ3n) is 4.72. The lowest BCUT2D eigenvalue weighted by Crippen LogP contribution is -2.41. The van der Waals surface area contributed by atoms with Gasteiger partial charge in [-0.1, -0.05) is 36.4 Å². The average molecular weight is 422 g/mol. The highest BCUT2D eigenvalue weighted by molar-refractivity contribution is 5.79. The standard InChI is InChI=1S/C24H31N5O2/c1-4-25-24(26-16-19(2)31-23-13-8-7-12-22(23)30-3)27-17-20-10-5-6-11-21(20)18-29-15-9-14-28-29/h5-15,19H,4,16-18H2,1-3H3,(H2,25,26,27). The van der Waals surface area contributed by atoms with Crippen LogP contribution in [0.4, 0.5) is 0 Å². The zero-order valence-electron chi connectivity index (χ0n) is 18.4. The first-order valence-corrected chi connectivity index (χ1v) is 10.6. The minimum absolute atomic E-state index is 0.0627. The summed E-state index contributed by atoms with van der Waals surface area (Å²) in [5.41, 5.74) is 2.38. The van der Waals surface area contributed by atoms with Gasteiger partial charge in [0.2, 0.25) is 0 Å². The van der Waals surface area contributed by atoms with Crippen molar-refractivity contribution in [3.05, 3.63) is 78.1 Å². The van der Waals surface area contributed by atoms with Gasteiger partial charge >= 0.3 is 0 Å². The fourth-order valence-corrected chi connectivity index (χ4v) is 3.16. The molecule has 2 aromatic carbocycles. The molecule has 7 heteroatoms. The smallest absolute Gasteiger partial charge is 0.191 e. The molecule has 0 bridgehead atoms. The average Bonchev–Trinajstić information content (AvgIpc) is 3.30. The predicted molar refractivity (Wildman–Crippen MR) is 124 cm³/mol. The fourth-order valence-electron chi connectivity index (χ4n) is 3.16. The van der Waals surface area contributed by atoms with Crippen molar-refractivity contribution in [3.63, 3.8) is 0 Å². The quantitative estimate of drug-likeness (QED) is 0.387. The van der Waals surface area contributed by atoms with Gasteiger partial charge < -0.3 is 20.1 Å². The van der Waals surface area contributed by atoms with E-state index in [-0.39, 0.29) is 6.10 Å². The Morgan fingerprint density at radius 3 is 2.48 bits per heavy atom. The molecule has 164 valence electrons. The zero-order valence-corrected chi connectivity index (χ0v) is 18.4. The second-order valence-electron chi connectivity index (χ2n) is 7.13. The number of ether oxygens (including phenoxy) is 2. The van der Waals surface area contributed by atoms with E-state index in [0.717, 1.165) is 30.5 Å². The third kappa shape index (κ3) is 6.77. The second-order valence-corrected chi connectivity index (χ2v) is 7.13. The molecule has 1 unspecified atom stereocenters. The Morgan fingerprint density at radius 1 is 1.03 bits per heavy atom. The molecule has 0 saturated heterocycles. The maximum atomic E-state index is 6.03. The highest BCUT2D eigenvalue weighted by Crippen LogP contribution is 2.26. The Morgan fingerprint density at radius 2 is 1.77 bits per heavy atom. The number of hydrogen-bond acceptors (Lipinski definition) is 4. The molecule has 3 aromatic rings. The minimum Gasteiger partial charge on any atom is -0.493 e. The lowest BCUT2D eigenvalue weighted by atomic mass is 10.1. The highest BCUT2D eigenvalue weighted by Gasteiger charge is 2.10. The van der Waals surface area contributed by atoms with E-state index >= 15 is 0 Å². The van der Waals surface area contributed by atoms with Crippen molar-refractivity contribution in [1.29, 1.82) is 0 Å². The molecule has 1 aromatic heterocycles. The van der Waals surface area contributed by atoms with Gasteiger partial charge in [0.05, 0.1) is 26.7 Å². The van der Waals surface area contributed by atoms with Gasteiger partial charge in [0.15, 0.2) is 17.5 Å².